The second-order valence-corrected chi connectivity index (χ2v) is 5.60. The van der Waals surface area contributed by atoms with Gasteiger partial charge in [0.15, 0.2) is 0 Å². The van der Waals surface area contributed by atoms with Gasteiger partial charge in [-0.2, -0.15) is 0 Å². The molecule has 0 aromatic heterocycles. The van der Waals surface area contributed by atoms with E-state index in [9.17, 15) is 9.59 Å². The van der Waals surface area contributed by atoms with Crippen LogP contribution in [0.1, 0.15) is 47.0 Å². The third kappa shape index (κ3) is 5.20. The van der Waals surface area contributed by atoms with E-state index in [0.29, 0.717) is 6.54 Å². The number of hydrogen-bond donors (Lipinski definition) is 1. The Hall–Kier alpha value is -1.06. The van der Waals surface area contributed by atoms with E-state index in [1.54, 1.807) is 32.7 Å². The normalized spacial score (nSPS) is 13.2. The molecule has 0 aromatic carbocycles. The van der Waals surface area contributed by atoms with Crippen LogP contribution >= 0.6 is 0 Å². The van der Waals surface area contributed by atoms with Crippen LogP contribution < -0.4 is 0 Å². The second-order valence-electron chi connectivity index (χ2n) is 5.60. The SMILES string of the molecule is CCCCCN(C)C(=O)C(C(=O)O)C(C)(C)C. The van der Waals surface area contributed by atoms with Crippen molar-refractivity contribution >= 4 is 11.9 Å². The minimum atomic E-state index is -1.04. The van der Waals surface area contributed by atoms with Gasteiger partial charge in [0.2, 0.25) is 5.91 Å². The minimum Gasteiger partial charge on any atom is -0.481 e. The molecule has 0 aromatic rings. The second kappa shape index (κ2) is 6.62. The van der Waals surface area contributed by atoms with Crippen molar-refractivity contribution in [3.8, 4) is 0 Å². The summed E-state index contributed by atoms with van der Waals surface area (Å²) in [5.41, 5.74) is -0.554. The van der Waals surface area contributed by atoms with Crippen molar-refractivity contribution in [2.75, 3.05) is 13.6 Å². The van der Waals surface area contributed by atoms with Crippen molar-refractivity contribution in [2.45, 2.75) is 47.0 Å². The molecule has 0 heterocycles. The van der Waals surface area contributed by atoms with Crippen LogP contribution in [0.4, 0.5) is 0 Å². The van der Waals surface area contributed by atoms with Crippen molar-refractivity contribution in [2.24, 2.45) is 11.3 Å². The Morgan fingerprint density at radius 1 is 1.24 bits per heavy atom. The number of hydrogen-bond acceptors (Lipinski definition) is 2. The number of unbranched alkanes of at least 4 members (excludes halogenated alkanes) is 2. The average molecular weight is 243 g/mol. The largest absolute Gasteiger partial charge is 0.481 e. The molecule has 0 bridgehead atoms. The Bertz CT molecular complexity index is 268. The summed E-state index contributed by atoms with van der Waals surface area (Å²) in [6, 6.07) is 0. The molecular weight excluding hydrogens is 218 g/mol. The first-order valence-electron chi connectivity index (χ1n) is 6.19. The van der Waals surface area contributed by atoms with Crippen LogP contribution in [0.2, 0.25) is 0 Å². The van der Waals surface area contributed by atoms with Crippen LogP contribution in [0.15, 0.2) is 0 Å². The molecule has 1 atom stereocenters. The maximum absolute atomic E-state index is 12.1. The molecule has 1 amide bonds. The van der Waals surface area contributed by atoms with Gasteiger partial charge in [-0.05, 0) is 11.8 Å². The van der Waals surface area contributed by atoms with Crippen LogP contribution in [0.25, 0.3) is 0 Å². The lowest BCUT2D eigenvalue weighted by molar-refractivity contribution is -0.155. The standard InChI is InChI=1S/C13H25NO3/c1-6-7-8-9-14(5)11(15)10(12(16)17)13(2,3)4/h10H,6-9H2,1-5H3,(H,16,17). The molecule has 0 aliphatic carbocycles. The Morgan fingerprint density at radius 3 is 2.12 bits per heavy atom. The summed E-state index contributed by atoms with van der Waals surface area (Å²) < 4.78 is 0. The number of carbonyl (C=O) groups excluding carboxylic acids is 1. The third-order valence-corrected chi connectivity index (χ3v) is 2.83. The zero-order chi connectivity index (χ0) is 13.6. The number of aliphatic carboxylic acids is 1. The number of carboxylic acids is 1. The Kier molecular flexibility index (Phi) is 6.21. The smallest absolute Gasteiger partial charge is 0.316 e. The molecule has 0 aliphatic heterocycles. The van der Waals surface area contributed by atoms with Crippen molar-refractivity contribution in [1.29, 1.82) is 0 Å². The van der Waals surface area contributed by atoms with Gasteiger partial charge in [0, 0.05) is 13.6 Å². The van der Waals surface area contributed by atoms with Gasteiger partial charge in [-0.1, -0.05) is 40.5 Å². The van der Waals surface area contributed by atoms with E-state index in [4.69, 9.17) is 5.11 Å². The van der Waals surface area contributed by atoms with E-state index in [0.717, 1.165) is 19.3 Å². The van der Waals surface area contributed by atoms with Crippen LogP contribution in [-0.4, -0.2) is 35.5 Å². The van der Waals surface area contributed by atoms with Crippen molar-refractivity contribution < 1.29 is 14.7 Å². The van der Waals surface area contributed by atoms with E-state index in [-0.39, 0.29) is 5.91 Å². The van der Waals surface area contributed by atoms with Crippen LogP contribution in [0, 0.1) is 11.3 Å². The number of carbonyl (C=O) groups is 2. The summed E-state index contributed by atoms with van der Waals surface area (Å²) in [5.74, 6) is -2.29. The average Bonchev–Trinajstić information content (AvgIpc) is 2.14. The molecule has 1 N–H and O–H groups in total. The van der Waals surface area contributed by atoms with Gasteiger partial charge in [0.1, 0.15) is 5.92 Å². The molecule has 0 fully saturated rings. The van der Waals surface area contributed by atoms with E-state index < -0.39 is 17.3 Å². The van der Waals surface area contributed by atoms with Crippen LogP contribution in [-0.2, 0) is 9.59 Å². The summed E-state index contributed by atoms with van der Waals surface area (Å²) in [5, 5.41) is 9.15. The first-order chi connectivity index (χ1) is 7.71. The molecule has 0 rings (SSSR count). The molecule has 0 aliphatic rings. The third-order valence-electron chi connectivity index (χ3n) is 2.83. The molecular formula is C13H25NO3. The summed E-state index contributed by atoms with van der Waals surface area (Å²) in [6.45, 7) is 8.07. The lowest BCUT2D eigenvalue weighted by Crippen LogP contribution is -2.43. The predicted molar refractivity (Wildman–Crippen MR) is 67.7 cm³/mol. The highest BCUT2D eigenvalue weighted by Gasteiger charge is 2.39. The van der Waals surface area contributed by atoms with E-state index in [2.05, 4.69) is 6.92 Å². The molecule has 0 saturated heterocycles. The highest BCUT2D eigenvalue weighted by Crippen LogP contribution is 2.27. The molecule has 100 valence electrons. The van der Waals surface area contributed by atoms with Crippen LogP contribution in [0.5, 0.6) is 0 Å². The summed E-state index contributed by atoms with van der Waals surface area (Å²) in [6.07, 6.45) is 3.07. The van der Waals surface area contributed by atoms with E-state index >= 15 is 0 Å². The fourth-order valence-corrected chi connectivity index (χ4v) is 1.78. The van der Waals surface area contributed by atoms with Gasteiger partial charge in [-0.15, -0.1) is 0 Å². The topological polar surface area (TPSA) is 57.6 Å². The number of rotatable bonds is 6. The fraction of sp³-hybridized carbons (Fsp3) is 0.846. The van der Waals surface area contributed by atoms with Gasteiger partial charge >= 0.3 is 5.97 Å². The Balaban J connectivity index is 4.57. The van der Waals surface area contributed by atoms with Gasteiger partial charge in [0.05, 0.1) is 0 Å². The Labute approximate surface area is 104 Å². The molecule has 0 spiro atoms. The summed E-state index contributed by atoms with van der Waals surface area (Å²) in [7, 11) is 1.68. The summed E-state index contributed by atoms with van der Waals surface area (Å²) in [4.78, 5) is 24.8. The maximum Gasteiger partial charge on any atom is 0.316 e. The highest BCUT2D eigenvalue weighted by molar-refractivity contribution is 5.97. The van der Waals surface area contributed by atoms with E-state index in [1.807, 2.05) is 0 Å². The first-order valence-corrected chi connectivity index (χ1v) is 6.19. The lowest BCUT2D eigenvalue weighted by atomic mass is 9.80. The summed E-state index contributed by atoms with van der Waals surface area (Å²) >= 11 is 0. The molecule has 0 radical (unpaired) electrons. The van der Waals surface area contributed by atoms with Gasteiger partial charge in [-0.25, -0.2) is 0 Å². The highest BCUT2D eigenvalue weighted by atomic mass is 16.4. The van der Waals surface area contributed by atoms with Gasteiger partial charge in [0.25, 0.3) is 0 Å². The molecule has 17 heavy (non-hydrogen) atoms. The molecule has 1 unspecified atom stereocenters. The molecule has 0 saturated carbocycles. The predicted octanol–water partition coefficient (Wildman–Crippen LogP) is 2.38. The maximum atomic E-state index is 12.1. The first kappa shape index (κ1) is 15.9. The van der Waals surface area contributed by atoms with Gasteiger partial charge < -0.3 is 10.0 Å². The fourth-order valence-electron chi connectivity index (χ4n) is 1.78. The van der Waals surface area contributed by atoms with Crippen molar-refractivity contribution in [3.05, 3.63) is 0 Å². The lowest BCUT2D eigenvalue weighted by Gasteiger charge is -2.29. The van der Waals surface area contributed by atoms with Crippen LogP contribution in [0.3, 0.4) is 0 Å². The Morgan fingerprint density at radius 2 is 1.76 bits per heavy atom. The zero-order valence-electron chi connectivity index (χ0n) is 11.6. The van der Waals surface area contributed by atoms with E-state index in [1.165, 1.54) is 0 Å². The molecule has 4 heteroatoms. The number of carboxylic acid groups (broad SMARTS) is 1. The van der Waals surface area contributed by atoms with Crippen molar-refractivity contribution in [1.82, 2.24) is 4.90 Å². The number of nitrogens with zero attached hydrogens (tertiary/aromatic N) is 1. The molecule has 4 nitrogen and oxygen atoms in total. The van der Waals surface area contributed by atoms with Crippen molar-refractivity contribution in [3.63, 3.8) is 0 Å². The number of amides is 1. The quantitative estimate of drug-likeness (QED) is 0.575. The minimum absolute atomic E-state index is 0.291. The monoisotopic (exact) mass is 243 g/mol. The van der Waals surface area contributed by atoms with Gasteiger partial charge in [-0.3, -0.25) is 9.59 Å². The zero-order valence-corrected chi connectivity index (χ0v) is 11.6.